The Kier molecular flexibility index (Phi) is 15.7. The smallest absolute Gasteiger partial charge is 0.0653 e. The number of unbranched alkanes of at least 4 members (excludes halogenated alkanes) is 6. The summed E-state index contributed by atoms with van der Waals surface area (Å²) < 4.78 is 0. The molecule has 8 N–H and O–H groups in total. The lowest BCUT2D eigenvalue weighted by Gasteiger charge is -2.62. The number of hydrogen-bond donors (Lipinski definition) is 6. The molecule has 0 aliphatic heterocycles. The van der Waals surface area contributed by atoms with Crippen molar-refractivity contribution in [1.29, 1.82) is 0 Å². The lowest BCUT2D eigenvalue weighted by Crippen LogP contribution is -2.59. The number of aliphatic hydroxyl groups is 6. The summed E-state index contributed by atoms with van der Waals surface area (Å²) in [6.07, 6.45) is 27.8. The van der Waals surface area contributed by atoms with Crippen LogP contribution in [0.2, 0.25) is 0 Å². The topological polar surface area (TPSA) is 153 Å². The first-order chi connectivity index (χ1) is 28.3. The summed E-state index contributed by atoms with van der Waals surface area (Å²) in [4.78, 5) is 0. The molecular weight excluding hydrogens is 761 g/mol. The molecule has 0 saturated heterocycles. The minimum absolute atomic E-state index is 0. The second kappa shape index (κ2) is 19.1. The summed E-state index contributed by atoms with van der Waals surface area (Å²) in [5.74, 6) is 5.17. The Labute approximate surface area is 373 Å². The van der Waals surface area contributed by atoms with Crippen molar-refractivity contribution >= 4 is 0 Å². The van der Waals surface area contributed by atoms with E-state index in [-0.39, 0.29) is 63.4 Å². The van der Waals surface area contributed by atoms with Crippen molar-refractivity contribution in [2.75, 3.05) is 0 Å². The maximum absolute atomic E-state index is 11.6. The molecule has 20 atom stereocenters. The van der Waals surface area contributed by atoms with Gasteiger partial charge in [-0.1, -0.05) is 92.9 Å². The van der Waals surface area contributed by atoms with E-state index in [1.54, 1.807) is 0 Å². The summed E-state index contributed by atoms with van der Waals surface area (Å²) >= 11 is 0. The molecule has 6 unspecified atom stereocenters. The standard InChI is InChI=1S/2C27H48O3.H2O/c2*1-5-6-7-8-13-27(4,30)24-10-9-20-19-17-23(29)22-16-18(28)11-14-25(22,2)21(19)12-15-26(20,24)3;/h2*18-24,28-30H,5-17H2,1-4H3;1H2/t2*18-,19?,20?,21?,22+,23-,24-,25+,26-,27-;/m00./s1. The average Bonchev–Trinajstić information content (AvgIpc) is 3.75. The second-order valence-electron chi connectivity index (χ2n) is 25.1. The molecule has 0 bridgehead atoms. The molecule has 0 radical (unpaired) electrons. The van der Waals surface area contributed by atoms with Crippen molar-refractivity contribution in [2.24, 2.45) is 80.8 Å². The summed E-state index contributed by atoms with van der Waals surface area (Å²) in [5, 5.41) is 66.0. The minimum Gasteiger partial charge on any atom is -0.412 e. The normalized spacial score (nSPS) is 49.5. The quantitative estimate of drug-likeness (QED) is 0.107. The van der Waals surface area contributed by atoms with E-state index < -0.39 is 11.2 Å². The summed E-state index contributed by atoms with van der Waals surface area (Å²) in [6, 6.07) is 0. The zero-order valence-corrected chi connectivity index (χ0v) is 40.7. The van der Waals surface area contributed by atoms with Gasteiger partial charge in [-0.25, -0.2) is 0 Å². The third-order valence-electron chi connectivity index (χ3n) is 21.9. The molecule has 8 aliphatic carbocycles. The number of fused-ring (bicyclic) bond motifs is 10. The Morgan fingerprint density at radius 3 is 1.13 bits per heavy atom. The van der Waals surface area contributed by atoms with Crippen LogP contribution in [0.1, 0.15) is 222 Å². The van der Waals surface area contributed by atoms with E-state index in [0.29, 0.717) is 47.3 Å². The molecule has 0 aromatic heterocycles. The minimum atomic E-state index is -0.557. The third kappa shape index (κ3) is 9.12. The molecule has 7 nitrogen and oxygen atoms in total. The van der Waals surface area contributed by atoms with Crippen molar-refractivity contribution in [3.05, 3.63) is 0 Å². The van der Waals surface area contributed by atoms with Gasteiger partial charge in [0.2, 0.25) is 0 Å². The van der Waals surface area contributed by atoms with E-state index in [1.165, 1.54) is 77.0 Å². The first-order valence-electron chi connectivity index (χ1n) is 26.4. The highest BCUT2D eigenvalue weighted by molar-refractivity contribution is 5.15. The molecular formula is C54H98O7. The van der Waals surface area contributed by atoms with Crippen LogP contribution in [-0.2, 0) is 0 Å². The van der Waals surface area contributed by atoms with Crippen LogP contribution in [0, 0.1) is 80.8 Å². The van der Waals surface area contributed by atoms with Crippen LogP contribution in [0.15, 0.2) is 0 Å². The van der Waals surface area contributed by atoms with Crippen LogP contribution in [0.3, 0.4) is 0 Å². The van der Waals surface area contributed by atoms with Crippen LogP contribution in [-0.4, -0.2) is 71.7 Å². The molecule has 8 saturated carbocycles. The van der Waals surface area contributed by atoms with Gasteiger partial charge in [0.1, 0.15) is 0 Å². The van der Waals surface area contributed by atoms with Crippen molar-refractivity contribution in [2.45, 2.75) is 258 Å². The molecule has 0 spiro atoms. The molecule has 0 aromatic carbocycles. The molecule has 356 valence electrons. The molecule has 8 rings (SSSR count). The van der Waals surface area contributed by atoms with Gasteiger partial charge in [0.05, 0.1) is 35.6 Å². The molecule has 61 heavy (non-hydrogen) atoms. The van der Waals surface area contributed by atoms with Crippen LogP contribution >= 0.6 is 0 Å². The van der Waals surface area contributed by atoms with Crippen LogP contribution in [0.25, 0.3) is 0 Å². The van der Waals surface area contributed by atoms with Crippen molar-refractivity contribution in [3.8, 4) is 0 Å². The van der Waals surface area contributed by atoms with E-state index in [4.69, 9.17) is 0 Å². The fourth-order valence-electron chi connectivity index (χ4n) is 18.8. The highest BCUT2D eigenvalue weighted by Gasteiger charge is 2.65. The Hall–Kier alpha value is -0.280. The van der Waals surface area contributed by atoms with Crippen molar-refractivity contribution in [3.63, 3.8) is 0 Å². The first-order valence-corrected chi connectivity index (χ1v) is 26.4. The van der Waals surface area contributed by atoms with Gasteiger partial charge in [0, 0.05) is 0 Å². The van der Waals surface area contributed by atoms with E-state index >= 15 is 0 Å². The van der Waals surface area contributed by atoms with Crippen LogP contribution in [0.4, 0.5) is 0 Å². The SMILES string of the molecule is CCCCCC[C@](C)(O)[C@H]1CCC2C3C[C@H](O)[C@H]4C[C@@H](O)CC[C@]4(C)C3CC[C@@]21C.CCCCCC[C@](C)(O)[C@H]1CCC2C3C[C@H](O)[C@H]4C[C@@H](O)CC[C@]4(C)C3CC[C@@]21C.O. The fourth-order valence-corrected chi connectivity index (χ4v) is 18.8. The average molecular weight is 859 g/mol. The van der Waals surface area contributed by atoms with Crippen LogP contribution < -0.4 is 0 Å². The number of hydrogen-bond acceptors (Lipinski definition) is 6. The van der Waals surface area contributed by atoms with Gasteiger partial charge < -0.3 is 36.1 Å². The van der Waals surface area contributed by atoms with Gasteiger partial charge in [0.25, 0.3) is 0 Å². The zero-order chi connectivity index (χ0) is 43.5. The van der Waals surface area contributed by atoms with Crippen molar-refractivity contribution < 1.29 is 36.1 Å². The Balaban J connectivity index is 0.000000201. The summed E-state index contributed by atoms with van der Waals surface area (Å²) in [6.45, 7) is 18.6. The second-order valence-corrected chi connectivity index (χ2v) is 25.1. The maximum atomic E-state index is 11.6. The van der Waals surface area contributed by atoms with Crippen LogP contribution in [0.5, 0.6) is 0 Å². The van der Waals surface area contributed by atoms with E-state index in [1.807, 2.05) is 0 Å². The van der Waals surface area contributed by atoms with Gasteiger partial charge in [0.15, 0.2) is 0 Å². The molecule has 7 heteroatoms. The van der Waals surface area contributed by atoms with Gasteiger partial charge in [-0.15, -0.1) is 0 Å². The van der Waals surface area contributed by atoms with E-state index in [9.17, 15) is 30.6 Å². The lowest BCUT2D eigenvalue weighted by atomic mass is 9.43. The monoisotopic (exact) mass is 859 g/mol. The zero-order valence-electron chi connectivity index (χ0n) is 40.7. The van der Waals surface area contributed by atoms with Gasteiger partial charge >= 0.3 is 0 Å². The molecule has 0 aromatic rings. The number of aliphatic hydroxyl groups excluding tert-OH is 4. The lowest BCUT2D eigenvalue weighted by molar-refractivity contribution is -0.179. The predicted octanol–water partition coefficient (Wildman–Crippen LogP) is 10.6. The number of rotatable bonds is 12. The predicted molar refractivity (Wildman–Crippen MR) is 248 cm³/mol. The third-order valence-corrected chi connectivity index (χ3v) is 21.9. The largest absolute Gasteiger partial charge is 0.412 e. The van der Waals surface area contributed by atoms with E-state index in [2.05, 4.69) is 55.4 Å². The summed E-state index contributed by atoms with van der Waals surface area (Å²) in [7, 11) is 0. The van der Waals surface area contributed by atoms with Gasteiger partial charge in [-0.3, -0.25) is 0 Å². The van der Waals surface area contributed by atoms with Crippen molar-refractivity contribution in [1.82, 2.24) is 0 Å². The Bertz CT molecular complexity index is 1310. The molecule has 0 heterocycles. The first kappa shape index (κ1) is 50.1. The highest BCUT2D eigenvalue weighted by atomic mass is 16.3. The van der Waals surface area contributed by atoms with Gasteiger partial charge in [-0.05, 0) is 210 Å². The molecule has 8 fully saturated rings. The highest BCUT2D eigenvalue weighted by Crippen LogP contribution is 2.70. The Morgan fingerprint density at radius 1 is 0.426 bits per heavy atom. The van der Waals surface area contributed by atoms with Gasteiger partial charge in [-0.2, -0.15) is 0 Å². The fraction of sp³-hybridized carbons (Fsp3) is 1.00. The van der Waals surface area contributed by atoms with E-state index in [0.717, 1.165) is 89.9 Å². The molecule has 0 amide bonds. The summed E-state index contributed by atoms with van der Waals surface area (Å²) in [5.41, 5.74) is -0.316. The Morgan fingerprint density at radius 2 is 0.770 bits per heavy atom. The maximum Gasteiger partial charge on any atom is 0.0653 e. The molecule has 8 aliphatic rings.